The quantitative estimate of drug-likeness (QED) is 0.425. The lowest BCUT2D eigenvalue weighted by Crippen LogP contribution is -2.05. The highest BCUT2D eigenvalue weighted by Crippen LogP contribution is 2.34. The number of ether oxygens (including phenoxy) is 2. The zero-order valence-corrected chi connectivity index (χ0v) is 18.7. The second kappa shape index (κ2) is 9.67. The number of anilines is 1. The van der Waals surface area contributed by atoms with Crippen LogP contribution in [0.1, 0.15) is 32.6 Å². The van der Waals surface area contributed by atoms with Gasteiger partial charge < -0.3 is 19.9 Å². The maximum absolute atomic E-state index is 11.1. The molecule has 3 rings (SSSR count). The molecule has 0 aromatic heterocycles. The Bertz CT molecular complexity index is 1050. The lowest BCUT2D eigenvalue weighted by atomic mass is 10.1. The zero-order valence-electron chi connectivity index (χ0n) is 17.2. The number of carboxylic acid groups (broad SMARTS) is 1. The summed E-state index contributed by atoms with van der Waals surface area (Å²) >= 11 is 3.62. The maximum Gasteiger partial charge on any atom is 0.335 e. The third kappa shape index (κ3) is 5.33. The Balaban J connectivity index is 1.72. The fraction of sp³-hybridized carbons (Fsp3) is 0.208. The predicted molar refractivity (Wildman–Crippen MR) is 122 cm³/mol. The Morgan fingerprint density at radius 1 is 1.03 bits per heavy atom. The third-order valence-corrected chi connectivity index (χ3v) is 5.53. The van der Waals surface area contributed by atoms with Gasteiger partial charge >= 0.3 is 5.97 Å². The number of aryl methyl sites for hydroxylation is 2. The smallest absolute Gasteiger partial charge is 0.335 e. The molecule has 0 aliphatic rings. The molecule has 156 valence electrons. The summed E-state index contributed by atoms with van der Waals surface area (Å²) in [5.41, 5.74) is 5.32. The van der Waals surface area contributed by atoms with Gasteiger partial charge in [0.05, 0.1) is 12.7 Å². The monoisotopic (exact) mass is 469 g/mol. The molecule has 0 atom stereocenters. The van der Waals surface area contributed by atoms with Gasteiger partial charge in [-0.3, -0.25) is 0 Å². The van der Waals surface area contributed by atoms with Crippen LogP contribution in [0.2, 0.25) is 0 Å². The molecule has 0 fully saturated rings. The van der Waals surface area contributed by atoms with Gasteiger partial charge in [0, 0.05) is 16.7 Å². The van der Waals surface area contributed by atoms with Crippen LogP contribution in [-0.2, 0) is 13.2 Å². The van der Waals surface area contributed by atoms with Gasteiger partial charge in [0.15, 0.2) is 11.5 Å². The summed E-state index contributed by atoms with van der Waals surface area (Å²) < 4.78 is 12.4. The zero-order chi connectivity index (χ0) is 21.7. The minimum Gasteiger partial charge on any atom is -0.493 e. The van der Waals surface area contributed by atoms with E-state index in [2.05, 4.69) is 40.3 Å². The second-order valence-electron chi connectivity index (χ2n) is 7.06. The molecule has 0 amide bonds. The Kier molecular flexibility index (Phi) is 7.00. The Labute approximate surface area is 184 Å². The largest absolute Gasteiger partial charge is 0.493 e. The van der Waals surface area contributed by atoms with Crippen molar-refractivity contribution < 1.29 is 19.4 Å². The summed E-state index contributed by atoms with van der Waals surface area (Å²) in [6.45, 7) is 4.93. The van der Waals surface area contributed by atoms with E-state index in [0.717, 1.165) is 26.9 Å². The standard InChI is InChI=1S/C24H24BrNO4/c1-15-4-6-17(7-5-15)14-30-23-12-20(25)19(11-22(23)29-3)13-26-21-9-8-18(24(27)28)10-16(21)2/h4-12,26H,13-14H2,1-3H3,(H,27,28). The van der Waals surface area contributed by atoms with Crippen molar-refractivity contribution in [1.29, 1.82) is 0 Å². The SMILES string of the molecule is COc1cc(CNc2ccc(C(=O)O)cc2C)c(Br)cc1OCc1ccc(C)cc1. The number of carbonyl (C=O) groups is 1. The van der Waals surface area contributed by atoms with Crippen LogP contribution in [0.3, 0.4) is 0 Å². The minimum atomic E-state index is -0.932. The van der Waals surface area contributed by atoms with Crippen molar-refractivity contribution in [3.05, 3.63) is 86.9 Å². The van der Waals surface area contributed by atoms with Gasteiger partial charge in [-0.15, -0.1) is 0 Å². The van der Waals surface area contributed by atoms with Gasteiger partial charge in [-0.05, 0) is 60.9 Å². The maximum atomic E-state index is 11.1. The number of hydrogen-bond acceptors (Lipinski definition) is 4. The van der Waals surface area contributed by atoms with Gasteiger partial charge in [0.25, 0.3) is 0 Å². The summed E-state index contributed by atoms with van der Waals surface area (Å²) in [5.74, 6) is 0.383. The number of methoxy groups -OCH3 is 1. The minimum absolute atomic E-state index is 0.274. The van der Waals surface area contributed by atoms with E-state index in [1.54, 1.807) is 25.3 Å². The van der Waals surface area contributed by atoms with Crippen LogP contribution in [-0.4, -0.2) is 18.2 Å². The van der Waals surface area contributed by atoms with E-state index < -0.39 is 5.97 Å². The predicted octanol–water partition coefficient (Wildman–Crippen LogP) is 5.96. The van der Waals surface area contributed by atoms with Gasteiger partial charge in [0.2, 0.25) is 0 Å². The molecule has 6 heteroatoms. The molecule has 0 unspecified atom stereocenters. The van der Waals surface area contributed by atoms with Crippen molar-refractivity contribution in [1.82, 2.24) is 0 Å². The van der Waals surface area contributed by atoms with E-state index in [1.165, 1.54) is 5.56 Å². The van der Waals surface area contributed by atoms with E-state index in [1.807, 2.05) is 31.2 Å². The molecule has 0 spiro atoms. The van der Waals surface area contributed by atoms with Crippen LogP contribution in [0.5, 0.6) is 11.5 Å². The van der Waals surface area contributed by atoms with Gasteiger partial charge in [-0.25, -0.2) is 4.79 Å². The summed E-state index contributed by atoms with van der Waals surface area (Å²) in [4.78, 5) is 11.1. The molecular formula is C24H24BrNO4. The van der Waals surface area contributed by atoms with Crippen LogP contribution >= 0.6 is 15.9 Å². The first-order chi connectivity index (χ1) is 14.4. The Morgan fingerprint density at radius 2 is 1.77 bits per heavy atom. The lowest BCUT2D eigenvalue weighted by molar-refractivity contribution is 0.0697. The van der Waals surface area contributed by atoms with Crippen LogP contribution < -0.4 is 14.8 Å². The van der Waals surface area contributed by atoms with Crippen molar-refractivity contribution in [2.24, 2.45) is 0 Å². The van der Waals surface area contributed by atoms with Gasteiger partial charge in [-0.1, -0.05) is 45.8 Å². The van der Waals surface area contributed by atoms with Gasteiger partial charge in [-0.2, -0.15) is 0 Å². The number of halogens is 1. The van der Waals surface area contributed by atoms with Gasteiger partial charge in [0.1, 0.15) is 6.61 Å². The molecule has 0 aliphatic carbocycles. The molecule has 0 saturated heterocycles. The summed E-state index contributed by atoms with van der Waals surface area (Å²) in [5, 5.41) is 12.5. The first kappa shape index (κ1) is 21.7. The lowest BCUT2D eigenvalue weighted by Gasteiger charge is -2.16. The highest BCUT2D eigenvalue weighted by Gasteiger charge is 2.12. The molecule has 30 heavy (non-hydrogen) atoms. The molecule has 0 radical (unpaired) electrons. The second-order valence-corrected chi connectivity index (χ2v) is 7.91. The number of hydrogen-bond donors (Lipinski definition) is 2. The average molecular weight is 470 g/mol. The summed E-state index contributed by atoms with van der Waals surface area (Å²) in [7, 11) is 1.62. The molecule has 5 nitrogen and oxygen atoms in total. The normalized spacial score (nSPS) is 10.5. The van der Waals surface area contributed by atoms with Crippen molar-refractivity contribution in [2.45, 2.75) is 27.0 Å². The molecule has 3 aromatic rings. The van der Waals surface area contributed by atoms with E-state index in [-0.39, 0.29) is 5.56 Å². The van der Waals surface area contributed by atoms with E-state index >= 15 is 0 Å². The number of nitrogens with one attached hydrogen (secondary N) is 1. The first-order valence-electron chi connectivity index (χ1n) is 9.50. The fourth-order valence-electron chi connectivity index (χ4n) is 3.02. The van der Waals surface area contributed by atoms with Crippen LogP contribution in [0.25, 0.3) is 0 Å². The van der Waals surface area contributed by atoms with Crippen molar-refractivity contribution >= 4 is 27.6 Å². The number of benzene rings is 3. The molecule has 3 aromatic carbocycles. The van der Waals surface area contributed by atoms with Crippen LogP contribution in [0, 0.1) is 13.8 Å². The highest BCUT2D eigenvalue weighted by molar-refractivity contribution is 9.10. The van der Waals surface area contributed by atoms with Crippen molar-refractivity contribution in [2.75, 3.05) is 12.4 Å². The van der Waals surface area contributed by atoms with E-state index in [4.69, 9.17) is 14.6 Å². The summed E-state index contributed by atoms with van der Waals surface area (Å²) in [6.07, 6.45) is 0. The number of rotatable bonds is 8. The van der Waals surface area contributed by atoms with E-state index in [9.17, 15) is 4.79 Å². The number of carboxylic acids is 1. The molecule has 0 heterocycles. The molecule has 0 aliphatic heterocycles. The number of aromatic carboxylic acids is 1. The fourth-order valence-corrected chi connectivity index (χ4v) is 3.48. The molecule has 0 bridgehead atoms. The Hall–Kier alpha value is -2.99. The van der Waals surface area contributed by atoms with Crippen molar-refractivity contribution in [3.8, 4) is 11.5 Å². The van der Waals surface area contributed by atoms with Crippen LogP contribution in [0.15, 0.2) is 59.1 Å². The molecule has 0 saturated carbocycles. The molecular weight excluding hydrogens is 446 g/mol. The third-order valence-electron chi connectivity index (χ3n) is 4.79. The van der Waals surface area contributed by atoms with Crippen molar-refractivity contribution in [3.63, 3.8) is 0 Å². The van der Waals surface area contributed by atoms with E-state index in [0.29, 0.717) is 24.7 Å². The highest BCUT2D eigenvalue weighted by atomic mass is 79.9. The first-order valence-corrected chi connectivity index (χ1v) is 10.3. The Morgan fingerprint density at radius 3 is 2.40 bits per heavy atom. The van der Waals surface area contributed by atoms with Crippen LogP contribution in [0.4, 0.5) is 5.69 Å². The topological polar surface area (TPSA) is 67.8 Å². The average Bonchev–Trinajstić information content (AvgIpc) is 2.73. The summed E-state index contributed by atoms with van der Waals surface area (Å²) in [6, 6.07) is 17.1. The molecule has 2 N–H and O–H groups in total.